The highest BCUT2D eigenvalue weighted by atomic mass is 35.5. The van der Waals surface area contributed by atoms with Gasteiger partial charge in [-0.1, -0.05) is 289 Å². The van der Waals surface area contributed by atoms with E-state index in [1.807, 2.05) is 311 Å². The summed E-state index contributed by atoms with van der Waals surface area (Å²) in [5.74, 6) is -2.78. The van der Waals surface area contributed by atoms with Crippen LogP contribution in [0.4, 0.5) is 22.7 Å². The maximum absolute atomic E-state index is 15.8. The number of hydrogen-bond donors (Lipinski definition) is 0. The Bertz CT molecular complexity index is 5530. The third kappa shape index (κ3) is 15.1. The van der Waals surface area contributed by atoms with Crippen molar-refractivity contribution in [2.75, 3.05) is 48.2 Å². The van der Waals surface area contributed by atoms with Gasteiger partial charge in [0.25, 0.3) is 0 Å². The summed E-state index contributed by atoms with van der Waals surface area (Å²) in [7, 11) is 6.75. The molecule has 0 saturated heterocycles. The molecule has 4 aliphatic heterocycles. The fraction of sp³-hybridized carbons (Fsp3) is 0.226. The lowest BCUT2D eigenvalue weighted by Gasteiger charge is -2.41. The number of rotatable bonds is 12. The molecule has 0 fully saturated rings. The van der Waals surface area contributed by atoms with Crippen molar-refractivity contribution in [3.05, 3.63) is 402 Å². The summed E-state index contributed by atoms with van der Waals surface area (Å²) in [6.45, 7) is 0. The normalized spacial score (nSPS) is 22.6. The first-order valence-corrected chi connectivity index (χ1v) is 44.4. The van der Waals surface area contributed by atoms with E-state index in [1.165, 1.54) is 9.80 Å². The van der Waals surface area contributed by atoms with E-state index in [4.69, 9.17) is 66.8 Å². The smallest absolute Gasteiger partial charge is 0.209 e. The largest absolute Gasteiger partial charge is 0.351 e. The maximum Gasteiger partial charge on any atom is 0.209 e. The lowest BCUT2D eigenvalue weighted by molar-refractivity contribution is -0.116. The molecule has 8 aliphatic rings. The number of carbonyl (C=O) groups excluding carboxylic acids is 6. The van der Waals surface area contributed by atoms with Crippen molar-refractivity contribution in [1.29, 1.82) is 0 Å². The Balaban J connectivity index is 0.000000161. The Labute approximate surface area is 755 Å². The maximum atomic E-state index is 15.8. The summed E-state index contributed by atoms with van der Waals surface area (Å²) in [4.78, 5) is 85.1. The molecule has 2 amide bonds. The Morgan fingerprint density at radius 3 is 0.635 bits per heavy atom. The van der Waals surface area contributed by atoms with Crippen LogP contribution in [-0.4, -0.2) is 119 Å². The van der Waals surface area contributed by atoms with Crippen molar-refractivity contribution >= 4 is 128 Å². The molecule has 12 aromatic rings. The van der Waals surface area contributed by atoms with Gasteiger partial charge in [-0.2, -0.15) is 20.4 Å². The summed E-state index contributed by atoms with van der Waals surface area (Å²) in [6.07, 6.45) is 9.47. The predicted octanol–water partition coefficient (Wildman–Crippen LogP) is 22.5. The molecule has 4 heterocycles. The highest BCUT2D eigenvalue weighted by Gasteiger charge is 2.68. The molecule has 0 bridgehead atoms. The van der Waals surface area contributed by atoms with E-state index in [9.17, 15) is 9.59 Å². The van der Waals surface area contributed by atoms with E-state index in [2.05, 4.69) is 24.3 Å². The second-order valence-corrected chi connectivity index (χ2v) is 35.2. The van der Waals surface area contributed by atoms with Crippen molar-refractivity contribution in [3.8, 4) is 0 Å². The number of benzene rings is 12. The number of hydrogen-bond acceptors (Lipinski definition) is 14. The molecule has 4 spiro atoms. The highest BCUT2D eigenvalue weighted by molar-refractivity contribution is 6.52. The Morgan fingerprint density at radius 2 is 0.444 bits per heavy atom. The van der Waals surface area contributed by atoms with Crippen molar-refractivity contribution in [2.24, 2.45) is 20.4 Å². The van der Waals surface area contributed by atoms with Crippen LogP contribution >= 0.6 is 46.4 Å². The van der Waals surface area contributed by atoms with Crippen LogP contribution in [0.2, 0.25) is 20.1 Å². The number of ketones is 4. The molecule has 126 heavy (non-hydrogen) atoms. The number of Topliss-reactive ketones (excluding diaryl/α,β-unsaturated/α-hetero) is 4. The molecule has 0 saturated carbocycles. The minimum atomic E-state index is -1.23. The number of aryl methyl sites for hydroxylation is 4. The van der Waals surface area contributed by atoms with Gasteiger partial charge in [-0.25, -0.2) is 0 Å². The lowest BCUT2D eigenvalue weighted by Crippen LogP contribution is -2.56. The van der Waals surface area contributed by atoms with E-state index >= 15 is 19.2 Å². The summed E-state index contributed by atoms with van der Waals surface area (Å²) >= 11 is 29.2. The Kier molecular flexibility index (Phi) is 24.7. The molecule has 0 radical (unpaired) electrons. The first-order chi connectivity index (χ1) is 61.4. The van der Waals surface area contributed by atoms with Crippen LogP contribution in [0.1, 0.15) is 161 Å². The second-order valence-electron chi connectivity index (χ2n) is 33.5. The molecule has 20 rings (SSSR count). The zero-order valence-corrected chi connectivity index (χ0v) is 73.4. The van der Waals surface area contributed by atoms with Crippen LogP contribution < -0.4 is 20.0 Å². The van der Waals surface area contributed by atoms with Gasteiger partial charge in [0.05, 0.1) is 69.3 Å². The van der Waals surface area contributed by atoms with Gasteiger partial charge in [-0.3, -0.25) is 48.8 Å². The number of fused-ring (bicyclic) bond motifs is 4. The summed E-state index contributed by atoms with van der Waals surface area (Å²) < 4.78 is 0. The number of para-hydroxylation sites is 4. The summed E-state index contributed by atoms with van der Waals surface area (Å²) in [5.41, 5.74) is 10.5. The molecule has 8 atom stereocenters. The van der Waals surface area contributed by atoms with Gasteiger partial charge in [0.2, 0.25) is 12.8 Å². The van der Waals surface area contributed by atoms with Crippen LogP contribution in [-0.2, 0) is 35.3 Å². The minimum absolute atomic E-state index is 0.0184. The fourth-order valence-electron chi connectivity index (χ4n) is 20.4. The number of amides is 2. The van der Waals surface area contributed by atoms with Crippen molar-refractivity contribution in [1.82, 2.24) is 9.80 Å². The first kappa shape index (κ1) is 85.5. The zero-order valence-electron chi connectivity index (χ0n) is 70.4. The molecule has 0 N–H and O–H groups in total. The van der Waals surface area contributed by atoms with Crippen molar-refractivity contribution in [3.63, 3.8) is 0 Å². The standard InChI is InChI=1S/2C50H40Cl2N4O2.2C3H7NO/c2*51-41-29-13-11-27-39(41)43-45(53-55(35-21-3-1-4-22-35)49(43)31-15-19-33-17-7-9-25-37(33)47(49)57)46-44(40-28-12-14-30-42(40)52)50(56(54-46)36-23-5-2-6-24-36)32-16-20-34-18-8-10-26-38(34)48(50)58;2*1-4(2)3-5/h2*1-14,17-18,21-30,43-44H,15-16,19-20,31-32H2;2*3H,1-2H3/t2*43-,44+,49-,50+;;. The van der Waals surface area contributed by atoms with Crippen LogP contribution in [0.3, 0.4) is 0 Å². The van der Waals surface area contributed by atoms with Gasteiger partial charge in [-0.15, -0.1) is 0 Å². The topological polar surface area (TPSA) is 171 Å². The van der Waals surface area contributed by atoms with Crippen LogP contribution in [0, 0.1) is 0 Å². The van der Waals surface area contributed by atoms with E-state index in [0.717, 1.165) is 131 Å². The van der Waals surface area contributed by atoms with Crippen LogP contribution in [0.15, 0.2) is 336 Å². The molecule has 4 aliphatic carbocycles. The average molecular weight is 1750 g/mol. The SMILES string of the molecule is CN(C)C=O.CN(C)C=O.O=C1c2ccccc2CCC[C@@]12[C@H](c1ccccc1Cl)C(C1=NN(c3ccccc3)[C@@]3(CCCc4ccccc4C3=O)[C@H]1c1ccccc1Cl)=NN2c1ccccc1.O=C1c2ccccc2CCC[C@@]12[C@H](c1ccccc1Cl)C(C1=NN(c3ccccc3)[C@@]3(CCCc4ccccc4C3=O)[C@H]1c1ccccc1Cl)=NN2c1ccccc1. The first-order valence-electron chi connectivity index (χ1n) is 42.9. The molecule has 0 aromatic heterocycles. The van der Waals surface area contributed by atoms with Crippen LogP contribution in [0.5, 0.6) is 0 Å². The van der Waals surface area contributed by atoms with Crippen molar-refractivity contribution < 1.29 is 28.8 Å². The van der Waals surface area contributed by atoms with E-state index < -0.39 is 45.8 Å². The van der Waals surface area contributed by atoms with Crippen LogP contribution in [0.25, 0.3) is 0 Å². The second kappa shape index (κ2) is 36.5. The molecular weight excluding hydrogens is 1650 g/mol. The lowest BCUT2D eigenvalue weighted by atomic mass is 9.65. The number of halogens is 4. The van der Waals surface area contributed by atoms with Gasteiger partial charge in [0.1, 0.15) is 22.2 Å². The monoisotopic (exact) mass is 1740 g/mol. The third-order valence-corrected chi connectivity index (χ3v) is 27.2. The average Bonchev–Trinajstić information content (AvgIpc) is 1.53. The van der Waals surface area contributed by atoms with Gasteiger partial charge in [0, 0.05) is 70.5 Å². The molecule has 632 valence electrons. The van der Waals surface area contributed by atoms with Gasteiger partial charge in [-0.05, 0) is 194 Å². The molecule has 12 aromatic carbocycles. The number of nitrogens with zero attached hydrogens (tertiary/aromatic N) is 10. The summed E-state index contributed by atoms with van der Waals surface area (Å²) in [6, 6.07) is 103. The number of carbonyl (C=O) groups is 6. The zero-order chi connectivity index (χ0) is 87.4. The third-order valence-electron chi connectivity index (χ3n) is 25.8. The number of anilines is 4. The van der Waals surface area contributed by atoms with E-state index in [1.54, 1.807) is 28.2 Å². The van der Waals surface area contributed by atoms with Crippen molar-refractivity contribution in [2.45, 2.75) is 123 Å². The fourth-order valence-corrected chi connectivity index (χ4v) is 21.4. The molecule has 0 unspecified atom stereocenters. The van der Waals surface area contributed by atoms with E-state index in [-0.39, 0.29) is 23.1 Å². The summed E-state index contributed by atoms with van der Waals surface area (Å²) in [5, 5.41) is 32.5. The molecular formula is C106H94Cl4N10O6. The number of hydrazone groups is 4. The predicted molar refractivity (Wildman–Crippen MR) is 507 cm³/mol. The van der Waals surface area contributed by atoms with Gasteiger partial charge in [0.15, 0.2) is 23.1 Å². The molecule has 16 nitrogen and oxygen atoms in total. The Hall–Kier alpha value is -12.7. The van der Waals surface area contributed by atoms with Gasteiger partial charge >= 0.3 is 0 Å². The highest BCUT2D eigenvalue weighted by Crippen LogP contribution is 2.60. The van der Waals surface area contributed by atoms with E-state index in [0.29, 0.717) is 90.9 Å². The molecule has 20 heteroatoms. The quantitative estimate of drug-likeness (QED) is 0.107. The Morgan fingerprint density at radius 1 is 0.270 bits per heavy atom. The van der Waals surface area contributed by atoms with Gasteiger partial charge < -0.3 is 9.80 Å². The minimum Gasteiger partial charge on any atom is -0.351 e.